The van der Waals surface area contributed by atoms with Crippen molar-refractivity contribution in [3.63, 3.8) is 0 Å². The van der Waals surface area contributed by atoms with Gasteiger partial charge in [-0.05, 0) is 12.1 Å². The zero-order chi connectivity index (χ0) is 13.8. The number of imidazole rings is 1. The number of hydrogen-bond acceptors (Lipinski definition) is 6. The third-order valence-electron chi connectivity index (χ3n) is 2.57. The molecule has 0 fully saturated rings. The first kappa shape index (κ1) is 13.7. The Morgan fingerprint density at radius 1 is 1.53 bits per heavy atom. The highest BCUT2D eigenvalue weighted by molar-refractivity contribution is 7.99. The van der Waals surface area contributed by atoms with Crippen molar-refractivity contribution in [3.8, 4) is 5.75 Å². The molecule has 102 valence electrons. The molecule has 0 amide bonds. The number of H-pyrrole nitrogens is 1. The van der Waals surface area contributed by atoms with Crippen LogP contribution in [0.4, 0.5) is 0 Å². The highest BCUT2D eigenvalue weighted by Crippen LogP contribution is 2.23. The van der Waals surface area contributed by atoms with E-state index in [0.29, 0.717) is 10.9 Å². The summed E-state index contributed by atoms with van der Waals surface area (Å²) in [4.78, 5) is 18.7. The van der Waals surface area contributed by atoms with E-state index in [4.69, 9.17) is 10.5 Å². The fraction of sp³-hybridized carbons (Fsp3) is 0.333. The molecular formula is C12H15N3O3S. The molecule has 6 nitrogen and oxygen atoms in total. The number of methoxy groups -OCH3 is 2. The smallest absolute Gasteiger partial charge is 0.323 e. The second-order valence-corrected chi connectivity index (χ2v) is 4.87. The van der Waals surface area contributed by atoms with Gasteiger partial charge in [0.25, 0.3) is 0 Å². The Kier molecular flexibility index (Phi) is 4.28. The number of nitrogens with two attached hydrogens (primary N) is 1. The number of esters is 1. The second kappa shape index (κ2) is 5.94. The van der Waals surface area contributed by atoms with Gasteiger partial charge >= 0.3 is 5.97 Å². The predicted molar refractivity (Wildman–Crippen MR) is 73.4 cm³/mol. The average molecular weight is 281 g/mol. The zero-order valence-corrected chi connectivity index (χ0v) is 11.5. The number of benzene rings is 1. The van der Waals surface area contributed by atoms with Crippen LogP contribution in [0.25, 0.3) is 11.0 Å². The largest absolute Gasteiger partial charge is 0.497 e. The molecule has 2 rings (SSSR count). The maximum Gasteiger partial charge on any atom is 0.323 e. The first-order chi connectivity index (χ1) is 9.13. The van der Waals surface area contributed by atoms with Crippen molar-refractivity contribution < 1.29 is 14.3 Å². The molecule has 1 heterocycles. The van der Waals surface area contributed by atoms with Crippen molar-refractivity contribution in [2.75, 3.05) is 20.0 Å². The third-order valence-corrected chi connectivity index (χ3v) is 3.56. The van der Waals surface area contributed by atoms with E-state index in [-0.39, 0.29) is 0 Å². The summed E-state index contributed by atoms with van der Waals surface area (Å²) in [6.45, 7) is 0. The summed E-state index contributed by atoms with van der Waals surface area (Å²) in [5.41, 5.74) is 7.38. The van der Waals surface area contributed by atoms with Crippen LogP contribution in [0.3, 0.4) is 0 Å². The molecule has 7 heteroatoms. The monoisotopic (exact) mass is 281 g/mol. The number of rotatable bonds is 5. The van der Waals surface area contributed by atoms with Gasteiger partial charge in [0, 0.05) is 11.8 Å². The summed E-state index contributed by atoms with van der Waals surface area (Å²) < 4.78 is 9.71. The van der Waals surface area contributed by atoms with E-state index in [0.717, 1.165) is 16.8 Å². The van der Waals surface area contributed by atoms with E-state index in [1.165, 1.54) is 18.9 Å². The lowest BCUT2D eigenvalue weighted by atomic mass is 10.3. The van der Waals surface area contributed by atoms with Gasteiger partial charge in [0.05, 0.1) is 25.3 Å². The molecule has 1 aromatic carbocycles. The van der Waals surface area contributed by atoms with Gasteiger partial charge in [-0.3, -0.25) is 4.79 Å². The molecule has 19 heavy (non-hydrogen) atoms. The van der Waals surface area contributed by atoms with Crippen LogP contribution in [-0.2, 0) is 9.53 Å². The molecule has 0 bridgehead atoms. The van der Waals surface area contributed by atoms with Crippen molar-refractivity contribution in [1.82, 2.24) is 9.97 Å². The molecule has 1 unspecified atom stereocenters. The standard InChI is InChI=1S/C12H15N3O3S/c1-17-7-3-4-9-10(5-7)15-12(14-9)19-6-8(13)11(16)18-2/h3-5,8H,6,13H2,1-2H3,(H,14,15). The Balaban J connectivity index is 2.07. The van der Waals surface area contributed by atoms with Gasteiger partial charge in [0.2, 0.25) is 0 Å². The predicted octanol–water partition coefficient (Wildman–Crippen LogP) is 1.16. The summed E-state index contributed by atoms with van der Waals surface area (Å²) >= 11 is 1.38. The summed E-state index contributed by atoms with van der Waals surface area (Å²) in [5, 5.41) is 0.711. The Bertz CT molecular complexity index is 585. The number of fused-ring (bicyclic) bond motifs is 1. The van der Waals surface area contributed by atoms with Gasteiger partial charge in [-0.25, -0.2) is 4.98 Å². The van der Waals surface area contributed by atoms with Crippen molar-refractivity contribution in [3.05, 3.63) is 18.2 Å². The Hall–Kier alpha value is -1.73. The average Bonchev–Trinajstić information content (AvgIpc) is 2.85. The molecular weight excluding hydrogens is 266 g/mol. The number of hydrogen-bond donors (Lipinski definition) is 2. The number of nitrogens with zero attached hydrogens (tertiary/aromatic N) is 1. The van der Waals surface area contributed by atoms with E-state index < -0.39 is 12.0 Å². The maximum atomic E-state index is 11.2. The van der Waals surface area contributed by atoms with Crippen molar-refractivity contribution in [1.29, 1.82) is 0 Å². The summed E-state index contributed by atoms with van der Waals surface area (Å²) in [6.07, 6.45) is 0. The Labute approximate surface area is 114 Å². The van der Waals surface area contributed by atoms with E-state index in [1.54, 1.807) is 7.11 Å². The highest BCUT2D eigenvalue weighted by atomic mass is 32.2. The number of aromatic nitrogens is 2. The second-order valence-electron chi connectivity index (χ2n) is 3.87. The fourth-order valence-electron chi connectivity index (χ4n) is 1.55. The normalized spacial score (nSPS) is 12.4. The van der Waals surface area contributed by atoms with E-state index in [1.807, 2.05) is 18.2 Å². The molecule has 0 aliphatic heterocycles. The van der Waals surface area contributed by atoms with Crippen molar-refractivity contribution >= 4 is 28.8 Å². The van der Waals surface area contributed by atoms with Crippen molar-refractivity contribution in [2.24, 2.45) is 5.73 Å². The molecule has 0 spiro atoms. The molecule has 2 aromatic rings. The lowest BCUT2D eigenvalue weighted by Crippen LogP contribution is -2.33. The van der Waals surface area contributed by atoms with Gasteiger partial charge in [-0.15, -0.1) is 0 Å². The number of carbonyl (C=O) groups is 1. The first-order valence-corrected chi connectivity index (χ1v) is 6.62. The molecule has 1 atom stereocenters. The molecule has 0 saturated carbocycles. The molecule has 0 saturated heterocycles. The third kappa shape index (κ3) is 3.18. The van der Waals surface area contributed by atoms with Gasteiger partial charge in [-0.1, -0.05) is 11.8 Å². The van der Waals surface area contributed by atoms with Crippen LogP contribution in [0.5, 0.6) is 5.75 Å². The van der Waals surface area contributed by atoms with Gasteiger partial charge in [-0.2, -0.15) is 0 Å². The van der Waals surface area contributed by atoms with Gasteiger partial charge in [0.15, 0.2) is 5.16 Å². The van der Waals surface area contributed by atoms with E-state index >= 15 is 0 Å². The number of ether oxygens (including phenoxy) is 2. The molecule has 1 aromatic heterocycles. The van der Waals surface area contributed by atoms with Crippen LogP contribution in [-0.4, -0.2) is 42.0 Å². The minimum atomic E-state index is -0.655. The Morgan fingerprint density at radius 3 is 3.00 bits per heavy atom. The number of thioether (sulfide) groups is 1. The van der Waals surface area contributed by atoms with Crippen LogP contribution in [0.1, 0.15) is 0 Å². The maximum absolute atomic E-state index is 11.2. The number of nitrogens with one attached hydrogen (secondary N) is 1. The molecule has 3 N–H and O–H groups in total. The minimum absolute atomic E-state index is 0.406. The molecule has 0 aliphatic carbocycles. The van der Waals surface area contributed by atoms with Crippen LogP contribution >= 0.6 is 11.8 Å². The quantitative estimate of drug-likeness (QED) is 0.631. The lowest BCUT2D eigenvalue weighted by molar-refractivity contribution is -0.141. The fourth-order valence-corrected chi connectivity index (χ4v) is 2.37. The van der Waals surface area contributed by atoms with Crippen LogP contribution in [0.15, 0.2) is 23.4 Å². The van der Waals surface area contributed by atoms with Crippen LogP contribution in [0.2, 0.25) is 0 Å². The Morgan fingerprint density at radius 2 is 2.32 bits per heavy atom. The summed E-state index contributed by atoms with van der Waals surface area (Å²) in [7, 11) is 2.93. The SMILES string of the molecule is COC(=O)C(N)CSc1nc2ccc(OC)cc2[nH]1. The van der Waals surface area contributed by atoms with Gasteiger partial charge < -0.3 is 20.2 Å². The summed E-state index contributed by atoms with van der Waals surface area (Å²) in [6, 6.07) is 4.93. The topological polar surface area (TPSA) is 90.2 Å². The molecule has 0 radical (unpaired) electrons. The van der Waals surface area contributed by atoms with Crippen LogP contribution < -0.4 is 10.5 Å². The number of carbonyl (C=O) groups excluding carboxylic acids is 1. The van der Waals surface area contributed by atoms with Crippen molar-refractivity contribution in [2.45, 2.75) is 11.2 Å². The first-order valence-electron chi connectivity index (χ1n) is 5.64. The van der Waals surface area contributed by atoms with E-state index in [2.05, 4.69) is 14.7 Å². The molecule has 0 aliphatic rings. The summed E-state index contributed by atoms with van der Waals surface area (Å²) in [5.74, 6) is 0.744. The minimum Gasteiger partial charge on any atom is -0.497 e. The zero-order valence-electron chi connectivity index (χ0n) is 10.7. The van der Waals surface area contributed by atoms with Crippen LogP contribution in [0, 0.1) is 0 Å². The van der Waals surface area contributed by atoms with E-state index in [9.17, 15) is 4.79 Å². The number of aromatic amines is 1. The highest BCUT2D eigenvalue weighted by Gasteiger charge is 2.15. The van der Waals surface area contributed by atoms with Gasteiger partial charge in [0.1, 0.15) is 11.8 Å². The lowest BCUT2D eigenvalue weighted by Gasteiger charge is -2.06.